The first-order valence-corrected chi connectivity index (χ1v) is 6.68. The van der Waals surface area contributed by atoms with Gasteiger partial charge in [0.05, 0.1) is 0 Å². The average molecular weight is 276 g/mol. The Hall–Kier alpha value is -1.51. The number of aryl methyl sites for hydroxylation is 1. The Labute approximate surface area is 119 Å². The van der Waals surface area contributed by atoms with E-state index in [9.17, 15) is 0 Å². The lowest BCUT2D eigenvalue weighted by atomic mass is 10.0. The molecule has 0 spiro atoms. The Morgan fingerprint density at radius 2 is 1.89 bits per heavy atom. The van der Waals surface area contributed by atoms with Gasteiger partial charge < -0.3 is 10.5 Å². The molecule has 2 N–H and O–H groups in total. The predicted molar refractivity (Wildman–Crippen MR) is 79.6 cm³/mol. The van der Waals surface area contributed by atoms with E-state index in [1.54, 1.807) is 0 Å². The van der Waals surface area contributed by atoms with Crippen molar-refractivity contribution in [1.82, 2.24) is 0 Å². The molecule has 1 atom stereocenters. The smallest absolute Gasteiger partial charge is 0.127 e. The molecule has 0 heterocycles. The van der Waals surface area contributed by atoms with Crippen LogP contribution in [0.4, 0.5) is 0 Å². The highest BCUT2D eigenvalue weighted by atomic mass is 35.5. The van der Waals surface area contributed by atoms with E-state index in [1.807, 2.05) is 56.3 Å². The third-order valence-electron chi connectivity index (χ3n) is 2.98. The average Bonchev–Trinajstić information content (AvgIpc) is 2.38. The summed E-state index contributed by atoms with van der Waals surface area (Å²) in [6, 6.07) is 13.7. The Bertz CT molecular complexity index is 552. The number of nitrogens with two attached hydrogens (primary N) is 1. The number of ether oxygens (including phenoxy) is 1. The molecule has 0 saturated heterocycles. The number of benzene rings is 2. The van der Waals surface area contributed by atoms with Crippen LogP contribution in [-0.2, 0) is 6.61 Å². The Morgan fingerprint density at radius 3 is 2.53 bits per heavy atom. The first-order chi connectivity index (χ1) is 9.08. The van der Waals surface area contributed by atoms with Crippen molar-refractivity contribution in [2.45, 2.75) is 26.5 Å². The van der Waals surface area contributed by atoms with E-state index in [2.05, 4.69) is 0 Å². The van der Waals surface area contributed by atoms with Crippen LogP contribution < -0.4 is 10.5 Å². The number of rotatable bonds is 4. The molecular weight excluding hydrogens is 258 g/mol. The van der Waals surface area contributed by atoms with E-state index >= 15 is 0 Å². The monoisotopic (exact) mass is 275 g/mol. The van der Waals surface area contributed by atoms with E-state index in [-0.39, 0.29) is 6.04 Å². The van der Waals surface area contributed by atoms with Crippen LogP contribution in [0.15, 0.2) is 42.5 Å². The predicted octanol–water partition coefficient (Wildman–Crippen LogP) is 4.25. The minimum atomic E-state index is -0.108. The second-order valence-corrected chi connectivity index (χ2v) is 5.14. The molecular formula is C16H18ClNO. The van der Waals surface area contributed by atoms with Crippen molar-refractivity contribution < 1.29 is 4.74 Å². The number of halogens is 1. The van der Waals surface area contributed by atoms with Gasteiger partial charge in [0.15, 0.2) is 0 Å². The van der Waals surface area contributed by atoms with E-state index < -0.39 is 0 Å². The quantitative estimate of drug-likeness (QED) is 0.905. The van der Waals surface area contributed by atoms with Gasteiger partial charge in [0.2, 0.25) is 0 Å². The molecule has 2 rings (SSSR count). The van der Waals surface area contributed by atoms with Crippen LogP contribution in [0.25, 0.3) is 0 Å². The highest BCUT2D eigenvalue weighted by Crippen LogP contribution is 2.31. The highest BCUT2D eigenvalue weighted by molar-refractivity contribution is 6.30. The molecule has 2 nitrogen and oxygen atoms in total. The molecule has 0 radical (unpaired) electrons. The normalized spacial score (nSPS) is 12.2. The maximum Gasteiger partial charge on any atom is 0.127 e. The van der Waals surface area contributed by atoms with Gasteiger partial charge in [0, 0.05) is 16.6 Å². The minimum absolute atomic E-state index is 0.108. The molecule has 0 amide bonds. The van der Waals surface area contributed by atoms with Gasteiger partial charge in [-0.2, -0.15) is 0 Å². The summed E-state index contributed by atoms with van der Waals surface area (Å²) in [5, 5.41) is 0.692. The van der Waals surface area contributed by atoms with Gasteiger partial charge in [0.25, 0.3) is 0 Å². The fraction of sp³-hybridized carbons (Fsp3) is 0.250. The summed E-state index contributed by atoms with van der Waals surface area (Å²) in [6.07, 6.45) is 0. The first kappa shape index (κ1) is 13.9. The summed E-state index contributed by atoms with van der Waals surface area (Å²) >= 11 is 6.07. The second kappa shape index (κ2) is 6.09. The fourth-order valence-electron chi connectivity index (χ4n) is 2.02. The SMILES string of the molecule is Cc1cc(Cl)cc(C(C)N)c1OCc1ccccc1. The topological polar surface area (TPSA) is 35.2 Å². The molecule has 0 aromatic heterocycles. The van der Waals surface area contributed by atoms with Gasteiger partial charge in [0.1, 0.15) is 12.4 Å². The first-order valence-electron chi connectivity index (χ1n) is 6.30. The van der Waals surface area contributed by atoms with Crippen molar-refractivity contribution in [1.29, 1.82) is 0 Å². The fourth-order valence-corrected chi connectivity index (χ4v) is 2.30. The van der Waals surface area contributed by atoms with Gasteiger partial charge >= 0.3 is 0 Å². The van der Waals surface area contributed by atoms with E-state index in [4.69, 9.17) is 22.1 Å². The number of hydrogen-bond acceptors (Lipinski definition) is 2. The van der Waals surface area contributed by atoms with Crippen LogP contribution in [0.2, 0.25) is 5.02 Å². The van der Waals surface area contributed by atoms with Crippen molar-refractivity contribution in [3.05, 3.63) is 64.2 Å². The summed E-state index contributed by atoms with van der Waals surface area (Å²) in [5.41, 5.74) is 9.07. The molecule has 0 saturated carbocycles. The van der Waals surface area contributed by atoms with Crippen LogP contribution in [0.5, 0.6) is 5.75 Å². The zero-order valence-electron chi connectivity index (χ0n) is 11.2. The van der Waals surface area contributed by atoms with Crippen molar-refractivity contribution in [2.24, 2.45) is 5.73 Å². The molecule has 3 heteroatoms. The second-order valence-electron chi connectivity index (χ2n) is 4.70. The van der Waals surface area contributed by atoms with Crippen molar-refractivity contribution in [3.63, 3.8) is 0 Å². The lowest BCUT2D eigenvalue weighted by Gasteiger charge is -2.17. The maximum atomic E-state index is 6.07. The van der Waals surface area contributed by atoms with Crippen LogP contribution in [0.1, 0.15) is 29.7 Å². The van der Waals surface area contributed by atoms with Gasteiger partial charge in [-0.3, -0.25) is 0 Å². The van der Waals surface area contributed by atoms with Gasteiger partial charge in [-0.1, -0.05) is 41.9 Å². The molecule has 2 aromatic carbocycles. The van der Waals surface area contributed by atoms with Crippen molar-refractivity contribution in [2.75, 3.05) is 0 Å². The zero-order chi connectivity index (χ0) is 13.8. The lowest BCUT2D eigenvalue weighted by molar-refractivity contribution is 0.299. The Morgan fingerprint density at radius 1 is 1.21 bits per heavy atom. The molecule has 0 bridgehead atoms. The van der Waals surface area contributed by atoms with Crippen molar-refractivity contribution >= 4 is 11.6 Å². The Kier molecular flexibility index (Phi) is 4.46. The van der Waals surface area contributed by atoms with Crippen LogP contribution in [0.3, 0.4) is 0 Å². The third kappa shape index (κ3) is 3.49. The molecule has 1 unspecified atom stereocenters. The number of hydrogen-bond donors (Lipinski definition) is 1. The highest BCUT2D eigenvalue weighted by Gasteiger charge is 2.12. The minimum Gasteiger partial charge on any atom is -0.488 e. The summed E-state index contributed by atoms with van der Waals surface area (Å²) in [4.78, 5) is 0. The molecule has 100 valence electrons. The van der Waals surface area contributed by atoms with Gasteiger partial charge in [-0.05, 0) is 37.1 Å². The molecule has 0 fully saturated rings. The van der Waals surface area contributed by atoms with E-state index in [0.717, 1.165) is 22.4 Å². The van der Waals surface area contributed by atoms with Crippen molar-refractivity contribution in [3.8, 4) is 5.75 Å². The van der Waals surface area contributed by atoms with Crippen LogP contribution in [-0.4, -0.2) is 0 Å². The molecule has 0 aliphatic heterocycles. The third-order valence-corrected chi connectivity index (χ3v) is 3.20. The van der Waals surface area contributed by atoms with E-state index in [1.165, 1.54) is 0 Å². The van der Waals surface area contributed by atoms with E-state index in [0.29, 0.717) is 11.6 Å². The Balaban J connectivity index is 2.24. The van der Waals surface area contributed by atoms with Crippen LogP contribution >= 0.6 is 11.6 Å². The maximum absolute atomic E-state index is 6.07. The summed E-state index contributed by atoms with van der Waals surface area (Å²) in [5.74, 6) is 0.836. The van der Waals surface area contributed by atoms with Crippen LogP contribution in [0, 0.1) is 6.92 Å². The summed E-state index contributed by atoms with van der Waals surface area (Å²) in [7, 11) is 0. The summed E-state index contributed by atoms with van der Waals surface area (Å²) in [6.45, 7) is 4.45. The van der Waals surface area contributed by atoms with Gasteiger partial charge in [-0.15, -0.1) is 0 Å². The lowest BCUT2D eigenvalue weighted by Crippen LogP contribution is -2.09. The molecule has 0 aliphatic rings. The standard InChI is InChI=1S/C16H18ClNO/c1-11-8-14(17)9-15(12(2)18)16(11)19-10-13-6-4-3-5-7-13/h3-9,12H,10,18H2,1-2H3. The molecule has 2 aromatic rings. The summed E-state index contributed by atoms with van der Waals surface area (Å²) < 4.78 is 5.93. The van der Waals surface area contributed by atoms with Gasteiger partial charge in [-0.25, -0.2) is 0 Å². The molecule has 0 aliphatic carbocycles. The molecule has 19 heavy (non-hydrogen) atoms. The zero-order valence-corrected chi connectivity index (χ0v) is 11.9. The largest absolute Gasteiger partial charge is 0.488 e.